The van der Waals surface area contributed by atoms with Gasteiger partial charge in [0.1, 0.15) is 11.5 Å². The van der Waals surface area contributed by atoms with Gasteiger partial charge in [-0.1, -0.05) is 0 Å². The molecule has 2 amide bonds. The normalized spacial score (nSPS) is 14.6. The quantitative estimate of drug-likeness (QED) is 0.862. The van der Waals surface area contributed by atoms with E-state index in [1.54, 1.807) is 32.4 Å². The summed E-state index contributed by atoms with van der Waals surface area (Å²) in [5.74, 6) is 1.29. The van der Waals surface area contributed by atoms with Gasteiger partial charge in [0.25, 0.3) is 0 Å². The van der Waals surface area contributed by atoms with E-state index in [0.29, 0.717) is 23.2 Å². The van der Waals surface area contributed by atoms with Crippen LogP contribution in [0.4, 0.5) is 10.5 Å². The van der Waals surface area contributed by atoms with Crippen LogP contribution in [0.15, 0.2) is 18.2 Å². The zero-order valence-corrected chi connectivity index (χ0v) is 10.7. The van der Waals surface area contributed by atoms with Crippen LogP contribution in [0.1, 0.15) is 19.3 Å². The molecule has 98 valence electrons. The smallest absolute Gasteiger partial charge is 0.319 e. The predicted octanol–water partition coefficient (Wildman–Crippen LogP) is 2.38. The lowest BCUT2D eigenvalue weighted by atomic mass is 9.93. The van der Waals surface area contributed by atoms with Crippen molar-refractivity contribution in [3.63, 3.8) is 0 Å². The van der Waals surface area contributed by atoms with Crippen LogP contribution in [0, 0.1) is 0 Å². The van der Waals surface area contributed by atoms with E-state index in [9.17, 15) is 4.79 Å². The van der Waals surface area contributed by atoms with Gasteiger partial charge in [-0.3, -0.25) is 0 Å². The molecule has 0 bridgehead atoms. The van der Waals surface area contributed by atoms with Crippen molar-refractivity contribution < 1.29 is 14.3 Å². The van der Waals surface area contributed by atoms with Gasteiger partial charge in [0.15, 0.2) is 0 Å². The Balaban J connectivity index is 2.03. The fourth-order valence-corrected chi connectivity index (χ4v) is 1.81. The summed E-state index contributed by atoms with van der Waals surface area (Å²) in [6.45, 7) is 0. The molecule has 0 aliphatic heterocycles. The number of carbonyl (C=O) groups is 1. The van der Waals surface area contributed by atoms with Crippen LogP contribution in [0.2, 0.25) is 0 Å². The largest absolute Gasteiger partial charge is 0.497 e. The minimum absolute atomic E-state index is 0.203. The minimum atomic E-state index is -0.203. The molecule has 0 spiro atoms. The Morgan fingerprint density at radius 1 is 1.28 bits per heavy atom. The molecule has 0 aromatic heterocycles. The third-order valence-electron chi connectivity index (χ3n) is 3.10. The number of hydrogen-bond donors (Lipinski definition) is 2. The molecule has 1 saturated carbocycles. The fourth-order valence-electron chi connectivity index (χ4n) is 1.81. The molecular formula is C13H18N2O3. The van der Waals surface area contributed by atoms with Gasteiger partial charge in [0.05, 0.1) is 19.9 Å². The third-order valence-corrected chi connectivity index (χ3v) is 3.10. The molecule has 2 N–H and O–H groups in total. The topological polar surface area (TPSA) is 59.6 Å². The Morgan fingerprint density at radius 3 is 2.61 bits per heavy atom. The molecule has 18 heavy (non-hydrogen) atoms. The number of urea groups is 1. The summed E-state index contributed by atoms with van der Waals surface area (Å²) in [6, 6.07) is 5.39. The zero-order chi connectivity index (χ0) is 13.0. The van der Waals surface area contributed by atoms with Gasteiger partial charge in [-0.15, -0.1) is 0 Å². The van der Waals surface area contributed by atoms with Crippen molar-refractivity contribution in [1.29, 1.82) is 0 Å². The lowest BCUT2D eigenvalue weighted by molar-refractivity contribution is 0.240. The highest BCUT2D eigenvalue weighted by Crippen LogP contribution is 2.29. The molecule has 1 aromatic rings. The highest BCUT2D eigenvalue weighted by Gasteiger charge is 2.19. The number of amides is 2. The van der Waals surface area contributed by atoms with E-state index in [-0.39, 0.29) is 6.03 Å². The number of methoxy groups -OCH3 is 2. The molecule has 0 radical (unpaired) electrons. The number of ether oxygens (including phenoxy) is 2. The van der Waals surface area contributed by atoms with E-state index in [4.69, 9.17) is 9.47 Å². The molecule has 1 aliphatic rings. The monoisotopic (exact) mass is 250 g/mol. The summed E-state index contributed by atoms with van der Waals surface area (Å²) >= 11 is 0. The Bertz CT molecular complexity index is 430. The maximum Gasteiger partial charge on any atom is 0.319 e. The average Bonchev–Trinajstić information content (AvgIpc) is 2.34. The first kappa shape index (κ1) is 12.5. The minimum Gasteiger partial charge on any atom is -0.497 e. The summed E-state index contributed by atoms with van der Waals surface area (Å²) in [5.41, 5.74) is 0.605. The summed E-state index contributed by atoms with van der Waals surface area (Å²) in [5, 5.41) is 5.69. The van der Waals surface area contributed by atoms with E-state index >= 15 is 0 Å². The van der Waals surface area contributed by atoms with Gasteiger partial charge in [-0.25, -0.2) is 4.79 Å². The summed E-state index contributed by atoms with van der Waals surface area (Å²) in [4.78, 5) is 11.8. The molecule has 0 atom stereocenters. The van der Waals surface area contributed by atoms with Crippen molar-refractivity contribution in [1.82, 2.24) is 5.32 Å². The number of rotatable bonds is 4. The van der Waals surface area contributed by atoms with E-state index < -0.39 is 0 Å². The lowest BCUT2D eigenvalue weighted by Gasteiger charge is -2.26. The maximum absolute atomic E-state index is 11.8. The Kier molecular flexibility index (Phi) is 3.92. The molecule has 1 aliphatic carbocycles. The van der Waals surface area contributed by atoms with Crippen molar-refractivity contribution in [3.8, 4) is 11.5 Å². The van der Waals surface area contributed by atoms with Crippen molar-refractivity contribution in [2.75, 3.05) is 19.5 Å². The summed E-state index contributed by atoms with van der Waals surface area (Å²) in [6.07, 6.45) is 3.30. The first-order chi connectivity index (χ1) is 8.72. The predicted molar refractivity (Wildman–Crippen MR) is 69.3 cm³/mol. The second kappa shape index (κ2) is 5.62. The maximum atomic E-state index is 11.8. The van der Waals surface area contributed by atoms with Crippen LogP contribution < -0.4 is 20.1 Å². The standard InChI is InChI=1S/C13H18N2O3/c1-17-10-6-7-12(18-2)11(8-10)15-13(16)14-9-4-3-5-9/h6-9H,3-5H2,1-2H3,(H2,14,15,16). The molecule has 5 nitrogen and oxygen atoms in total. The van der Waals surface area contributed by atoms with Crippen molar-refractivity contribution in [2.24, 2.45) is 0 Å². The van der Waals surface area contributed by atoms with Gasteiger partial charge in [0, 0.05) is 12.1 Å². The number of anilines is 1. The first-order valence-corrected chi connectivity index (χ1v) is 6.02. The second-order valence-corrected chi connectivity index (χ2v) is 4.29. The van der Waals surface area contributed by atoms with Crippen molar-refractivity contribution in [2.45, 2.75) is 25.3 Å². The average molecular weight is 250 g/mol. The van der Waals surface area contributed by atoms with Crippen LogP contribution in [-0.2, 0) is 0 Å². The molecule has 1 fully saturated rings. The van der Waals surface area contributed by atoms with Crippen LogP contribution in [-0.4, -0.2) is 26.3 Å². The number of nitrogens with one attached hydrogen (secondary N) is 2. The number of benzene rings is 1. The first-order valence-electron chi connectivity index (χ1n) is 6.02. The second-order valence-electron chi connectivity index (χ2n) is 4.29. The third kappa shape index (κ3) is 2.85. The molecule has 1 aromatic carbocycles. The van der Waals surface area contributed by atoms with Gasteiger partial charge < -0.3 is 20.1 Å². The molecule has 2 rings (SSSR count). The van der Waals surface area contributed by atoms with Crippen LogP contribution in [0.25, 0.3) is 0 Å². The van der Waals surface area contributed by atoms with E-state index in [0.717, 1.165) is 12.8 Å². The Labute approximate surface area is 106 Å². The van der Waals surface area contributed by atoms with E-state index in [2.05, 4.69) is 10.6 Å². The SMILES string of the molecule is COc1ccc(OC)c(NC(=O)NC2CCC2)c1. The summed E-state index contributed by atoms with van der Waals surface area (Å²) < 4.78 is 10.3. The van der Waals surface area contributed by atoms with Gasteiger partial charge >= 0.3 is 6.03 Å². The summed E-state index contributed by atoms with van der Waals surface area (Å²) in [7, 11) is 3.15. The Morgan fingerprint density at radius 2 is 2.06 bits per heavy atom. The van der Waals surface area contributed by atoms with Crippen LogP contribution in [0.3, 0.4) is 0 Å². The fraction of sp³-hybridized carbons (Fsp3) is 0.462. The zero-order valence-electron chi connectivity index (χ0n) is 10.7. The van der Waals surface area contributed by atoms with Crippen LogP contribution >= 0.6 is 0 Å². The van der Waals surface area contributed by atoms with E-state index in [1.165, 1.54) is 6.42 Å². The molecule has 0 unspecified atom stereocenters. The molecule has 5 heteroatoms. The molecule has 0 heterocycles. The van der Waals surface area contributed by atoms with Gasteiger partial charge in [0.2, 0.25) is 0 Å². The van der Waals surface area contributed by atoms with Crippen molar-refractivity contribution >= 4 is 11.7 Å². The highest BCUT2D eigenvalue weighted by molar-refractivity contribution is 5.91. The van der Waals surface area contributed by atoms with Crippen molar-refractivity contribution in [3.05, 3.63) is 18.2 Å². The van der Waals surface area contributed by atoms with Crippen LogP contribution in [0.5, 0.6) is 11.5 Å². The van der Waals surface area contributed by atoms with Gasteiger partial charge in [-0.05, 0) is 31.4 Å². The lowest BCUT2D eigenvalue weighted by Crippen LogP contribution is -2.41. The molecule has 0 saturated heterocycles. The highest BCUT2D eigenvalue weighted by atomic mass is 16.5. The van der Waals surface area contributed by atoms with E-state index in [1.807, 2.05) is 0 Å². The number of carbonyl (C=O) groups excluding carboxylic acids is 1. The Hall–Kier alpha value is -1.91. The number of hydrogen-bond acceptors (Lipinski definition) is 3. The van der Waals surface area contributed by atoms with Gasteiger partial charge in [-0.2, -0.15) is 0 Å². The molecular weight excluding hydrogens is 232 g/mol.